The van der Waals surface area contributed by atoms with Crippen LogP contribution in [0, 0.1) is 0 Å². The van der Waals surface area contributed by atoms with E-state index in [1.807, 2.05) is 30.3 Å². The van der Waals surface area contributed by atoms with Crippen LogP contribution in [0.1, 0.15) is 36.8 Å². The van der Waals surface area contributed by atoms with E-state index in [0.717, 1.165) is 31.2 Å². The lowest BCUT2D eigenvalue weighted by Crippen LogP contribution is -2.53. The molecule has 0 aromatic heterocycles. The van der Waals surface area contributed by atoms with E-state index < -0.39 is 6.04 Å². The molecular weight excluding hydrogens is 551 g/mol. The standard InChI is InChI=1S/C31H34Cl2N2O5/c1-38-23-16-24(39-2)18-25(17-23)40-20-30(36)35(19-26-27(32)13-8-14-28(26)33)29(15-21-9-4-3-5-10-21)31(37)34-22-11-6-7-12-22/h3-5,8-10,13-14,16-18,22,29H,6-7,11-12,15,19-20H2,1-2H3,(H,34,37)/t29-/m0/s1. The average Bonchev–Trinajstić information content (AvgIpc) is 3.48. The van der Waals surface area contributed by atoms with Crippen LogP contribution in [0.15, 0.2) is 66.7 Å². The number of ether oxygens (including phenoxy) is 3. The summed E-state index contributed by atoms with van der Waals surface area (Å²) in [5.41, 5.74) is 1.49. The number of nitrogens with zero attached hydrogens (tertiary/aromatic N) is 1. The molecule has 212 valence electrons. The van der Waals surface area contributed by atoms with Crippen molar-refractivity contribution in [3.63, 3.8) is 0 Å². The number of methoxy groups -OCH3 is 2. The summed E-state index contributed by atoms with van der Waals surface area (Å²) >= 11 is 13.0. The van der Waals surface area contributed by atoms with Crippen molar-refractivity contribution in [2.45, 2.75) is 50.7 Å². The normalized spacial score (nSPS) is 13.9. The van der Waals surface area contributed by atoms with Crippen molar-refractivity contribution in [1.29, 1.82) is 0 Å². The van der Waals surface area contributed by atoms with E-state index in [1.165, 1.54) is 19.1 Å². The third-order valence-corrected chi connectivity index (χ3v) is 7.76. The van der Waals surface area contributed by atoms with Crippen LogP contribution in [0.25, 0.3) is 0 Å². The molecule has 0 unspecified atom stereocenters. The molecule has 0 radical (unpaired) electrons. The number of hydrogen-bond acceptors (Lipinski definition) is 5. The van der Waals surface area contributed by atoms with E-state index in [9.17, 15) is 9.59 Å². The van der Waals surface area contributed by atoms with E-state index in [2.05, 4.69) is 5.32 Å². The zero-order chi connectivity index (χ0) is 28.5. The van der Waals surface area contributed by atoms with Gasteiger partial charge in [0.15, 0.2) is 6.61 Å². The Balaban J connectivity index is 1.66. The fourth-order valence-corrected chi connectivity index (χ4v) is 5.38. The third kappa shape index (κ3) is 7.83. The second-order valence-electron chi connectivity index (χ2n) is 9.75. The largest absolute Gasteiger partial charge is 0.496 e. The number of benzene rings is 3. The maximum Gasteiger partial charge on any atom is 0.261 e. The Kier molecular flexibility index (Phi) is 10.6. The first kappa shape index (κ1) is 29.6. The van der Waals surface area contributed by atoms with Gasteiger partial charge in [-0.25, -0.2) is 0 Å². The van der Waals surface area contributed by atoms with Crippen molar-refractivity contribution >= 4 is 35.0 Å². The quantitative estimate of drug-likeness (QED) is 0.279. The van der Waals surface area contributed by atoms with Gasteiger partial charge in [0.25, 0.3) is 5.91 Å². The number of nitrogens with one attached hydrogen (secondary N) is 1. The fourth-order valence-electron chi connectivity index (χ4n) is 4.87. The maximum absolute atomic E-state index is 13.9. The van der Waals surface area contributed by atoms with Crippen molar-refractivity contribution < 1.29 is 23.8 Å². The minimum Gasteiger partial charge on any atom is -0.496 e. The fraction of sp³-hybridized carbons (Fsp3) is 0.355. The summed E-state index contributed by atoms with van der Waals surface area (Å²) in [5.74, 6) is 0.852. The Morgan fingerprint density at radius 3 is 2.10 bits per heavy atom. The molecular formula is C31H34Cl2N2O5. The van der Waals surface area contributed by atoms with Crippen LogP contribution in [-0.4, -0.2) is 49.6 Å². The minimum atomic E-state index is -0.814. The molecule has 3 aromatic rings. The molecule has 3 aromatic carbocycles. The molecule has 4 rings (SSSR count). The van der Waals surface area contributed by atoms with Gasteiger partial charge < -0.3 is 24.4 Å². The van der Waals surface area contributed by atoms with Crippen LogP contribution in [-0.2, 0) is 22.6 Å². The molecule has 0 bridgehead atoms. The van der Waals surface area contributed by atoms with Gasteiger partial charge in [-0.1, -0.05) is 72.4 Å². The Morgan fingerprint density at radius 1 is 0.900 bits per heavy atom. The van der Waals surface area contributed by atoms with E-state index in [1.54, 1.807) is 36.4 Å². The molecule has 2 amide bonds. The van der Waals surface area contributed by atoms with Crippen LogP contribution >= 0.6 is 23.2 Å². The molecule has 0 spiro atoms. The SMILES string of the molecule is COc1cc(OC)cc(OCC(=O)N(Cc2c(Cl)cccc2Cl)[C@@H](Cc2ccccc2)C(=O)NC2CCCC2)c1. The van der Waals surface area contributed by atoms with Crippen LogP contribution in [0.5, 0.6) is 17.2 Å². The lowest BCUT2D eigenvalue weighted by atomic mass is 10.0. The smallest absolute Gasteiger partial charge is 0.261 e. The molecule has 1 aliphatic carbocycles. The summed E-state index contributed by atoms with van der Waals surface area (Å²) in [4.78, 5) is 29.2. The number of carbonyl (C=O) groups excluding carboxylic acids is 2. The van der Waals surface area contributed by atoms with Gasteiger partial charge in [0, 0.05) is 52.8 Å². The average molecular weight is 586 g/mol. The predicted octanol–water partition coefficient (Wildman–Crippen LogP) is 6.09. The van der Waals surface area contributed by atoms with Crippen LogP contribution in [0.3, 0.4) is 0 Å². The van der Waals surface area contributed by atoms with Crippen molar-refractivity contribution in [1.82, 2.24) is 10.2 Å². The van der Waals surface area contributed by atoms with Gasteiger partial charge in [-0.3, -0.25) is 9.59 Å². The highest BCUT2D eigenvalue weighted by atomic mass is 35.5. The van der Waals surface area contributed by atoms with Crippen LogP contribution < -0.4 is 19.5 Å². The summed E-state index contributed by atoms with van der Waals surface area (Å²) in [6, 6.07) is 19.1. The molecule has 0 aliphatic heterocycles. The summed E-state index contributed by atoms with van der Waals surface area (Å²) in [7, 11) is 3.08. The molecule has 7 nitrogen and oxygen atoms in total. The number of hydrogen-bond donors (Lipinski definition) is 1. The molecule has 40 heavy (non-hydrogen) atoms. The van der Waals surface area contributed by atoms with Crippen molar-refractivity contribution in [3.05, 3.63) is 87.9 Å². The summed E-state index contributed by atoms with van der Waals surface area (Å²) in [6.07, 6.45) is 4.32. The highest BCUT2D eigenvalue weighted by molar-refractivity contribution is 6.36. The van der Waals surface area contributed by atoms with E-state index >= 15 is 0 Å². The number of halogens is 2. The molecule has 9 heteroatoms. The Bertz CT molecular complexity index is 1260. The topological polar surface area (TPSA) is 77.1 Å². The third-order valence-electron chi connectivity index (χ3n) is 7.05. The van der Waals surface area contributed by atoms with Crippen LogP contribution in [0.4, 0.5) is 0 Å². The summed E-state index contributed by atoms with van der Waals surface area (Å²) < 4.78 is 16.5. The second kappa shape index (κ2) is 14.3. The first-order valence-corrected chi connectivity index (χ1v) is 14.1. The molecule has 1 aliphatic rings. The lowest BCUT2D eigenvalue weighted by Gasteiger charge is -2.32. The first-order valence-electron chi connectivity index (χ1n) is 13.3. The number of carbonyl (C=O) groups is 2. The van der Waals surface area contributed by atoms with Gasteiger partial charge in [-0.05, 0) is 30.5 Å². The predicted molar refractivity (Wildman–Crippen MR) is 156 cm³/mol. The van der Waals surface area contributed by atoms with Gasteiger partial charge in [-0.15, -0.1) is 0 Å². The zero-order valence-corrected chi connectivity index (χ0v) is 24.2. The van der Waals surface area contributed by atoms with Crippen LogP contribution in [0.2, 0.25) is 10.0 Å². The molecule has 1 atom stereocenters. The summed E-state index contributed by atoms with van der Waals surface area (Å²) in [5, 5.41) is 4.01. The number of rotatable bonds is 12. The molecule has 0 saturated heterocycles. The van der Waals surface area contributed by atoms with Gasteiger partial charge in [0.2, 0.25) is 5.91 Å². The van der Waals surface area contributed by atoms with Gasteiger partial charge in [-0.2, -0.15) is 0 Å². The Labute approximate surface area is 245 Å². The van der Waals surface area contributed by atoms with Crippen molar-refractivity contribution in [2.75, 3.05) is 20.8 Å². The van der Waals surface area contributed by atoms with Gasteiger partial charge in [0.05, 0.1) is 14.2 Å². The van der Waals surface area contributed by atoms with Gasteiger partial charge in [0.1, 0.15) is 23.3 Å². The maximum atomic E-state index is 13.9. The Morgan fingerprint density at radius 2 is 1.50 bits per heavy atom. The monoisotopic (exact) mass is 584 g/mol. The molecule has 1 N–H and O–H groups in total. The zero-order valence-electron chi connectivity index (χ0n) is 22.7. The lowest BCUT2D eigenvalue weighted by molar-refractivity contribution is -0.143. The number of amides is 2. The minimum absolute atomic E-state index is 0.0394. The Hall–Kier alpha value is -3.42. The van der Waals surface area contributed by atoms with Gasteiger partial charge >= 0.3 is 0 Å². The molecule has 1 saturated carbocycles. The van der Waals surface area contributed by atoms with E-state index in [0.29, 0.717) is 39.3 Å². The summed E-state index contributed by atoms with van der Waals surface area (Å²) in [6.45, 7) is -0.280. The van der Waals surface area contributed by atoms with E-state index in [-0.39, 0.29) is 31.0 Å². The molecule has 1 fully saturated rings. The first-order chi connectivity index (χ1) is 19.4. The molecule has 0 heterocycles. The van der Waals surface area contributed by atoms with Crippen molar-refractivity contribution in [2.24, 2.45) is 0 Å². The van der Waals surface area contributed by atoms with E-state index in [4.69, 9.17) is 37.4 Å². The highest BCUT2D eigenvalue weighted by Crippen LogP contribution is 2.29. The van der Waals surface area contributed by atoms with Crippen molar-refractivity contribution in [3.8, 4) is 17.2 Å². The second-order valence-corrected chi connectivity index (χ2v) is 10.6. The highest BCUT2D eigenvalue weighted by Gasteiger charge is 2.33.